The van der Waals surface area contributed by atoms with Gasteiger partial charge in [-0.25, -0.2) is 0 Å². The fourth-order valence-corrected chi connectivity index (χ4v) is 3.97. The molecule has 2 atom stereocenters. The summed E-state index contributed by atoms with van der Waals surface area (Å²) >= 11 is 5.41. The van der Waals surface area contributed by atoms with Crippen LogP contribution in [0.5, 0.6) is 5.75 Å². The molecule has 2 N–H and O–H groups in total. The lowest BCUT2D eigenvalue weighted by molar-refractivity contribution is -0.384. The van der Waals surface area contributed by atoms with Gasteiger partial charge in [-0.1, -0.05) is 20.8 Å². The maximum absolute atomic E-state index is 10.8. The number of hydrogen-bond acceptors (Lipinski definition) is 4. The van der Waals surface area contributed by atoms with Crippen molar-refractivity contribution in [2.45, 2.75) is 46.1 Å². The van der Waals surface area contributed by atoms with Gasteiger partial charge in [-0.3, -0.25) is 10.1 Å². The number of anilines is 1. The van der Waals surface area contributed by atoms with Gasteiger partial charge in [0.15, 0.2) is 5.11 Å². The monoisotopic (exact) mass is 351 g/mol. The minimum absolute atomic E-state index is 0.0147. The van der Waals surface area contributed by atoms with Gasteiger partial charge in [0.05, 0.1) is 23.8 Å². The molecule has 1 aromatic carbocycles. The predicted octanol–water partition coefficient (Wildman–Crippen LogP) is 4.10. The molecule has 0 radical (unpaired) electrons. The molecule has 0 bridgehead atoms. The van der Waals surface area contributed by atoms with E-state index in [0.717, 1.165) is 12.8 Å². The van der Waals surface area contributed by atoms with Gasteiger partial charge in [0, 0.05) is 12.1 Å². The molecule has 1 aliphatic carbocycles. The van der Waals surface area contributed by atoms with Crippen LogP contribution in [0, 0.1) is 21.4 Å². The summed E-state index contributed by atoms with van der Waals surface area (Å²) in [5, 5.41) is 17.8. The number of non-ortho nitro benzene ring substituents is 1. The number of nitrogens with zero attached hydrogens (tertiary/aromatic N) is 1. The van der Waals surface area contributed by atoms with Gasteiger partial charge < -0.3 is 15.4 Å². The van der Waals surface area contributed by atoms with E-state index in [2.05, 4.69) is 31.4 Å². The van der Waals surface area contributed by atoms with Gasteiger partial charge in [-0.2, -0.15) is 0 Å². The summed E-state index contributed by atoms with van der Waals surface area (Å²) in [5.41, 5.74) is 0.901. The van der Waals surface area contributed by atoms with E-state index < -0.39 is 4.92 Å². The van der Waals surface area contributed by atoms with E-state index >= 15 is 0 Å². The van der Waals surface area contributed by atoms with Crippen LogP contribution < -0.4 is 15.4 Å². The van der Waals surface area contributed by atoms with E-state index in [9.17, 15) is 10.1 Å². The second kappa shape index (κ2) is 7.34. The highest BCUT2D eigenvalue weighted by molar-refractivity contribution is 7.80. The highest BCUT2D eigenvalue weighted by atomic mass is 32.1. The van der Waals surface area contributed by atoms with Gasteiger partial charge in [0.1, 0.15) is 5.75 Å². The van der Waals surface area contributed by atoms with Crippen LogP contribution in [0.4, 0.5) is 11.4 Å². The number of rotatable bonds is 4. The Morgan fingerprint density at radius 1 is 1.42 bits per heavy atom. The summed E-state index contributed by atoms with van der Waals surface area (Å²) in [5.74, 6) is 1.05. The molecule has 2 rings (SSSR count). The molecule has 0 saturated heterocycles. The van der Waals surface area contributed by atoms with Crippen LogP contribution in [0.15, 0.2) is 18.2 Å². The first-order valence-corrected chi connectivity index (χ1v) is 8.51. The third-order valence-electron chi connectivity index (χ3n) is 4.37. The average molecular weight is 351 g/mol. The van der Waals surface area contributed by atoms with Gasteiger partial charge in [0.2, 0.25) is 0 Å². The topological polar surface area (TPSA) is 76.4 Å². The van der Waals surface area contributed by atoms with Crippen LogP contribution in [0.25, 0.3) is 0 Å². The van der Waals surface area contributed by atoms with E-state index in [1.54, 1.807) is 6.07 Å². The Morgan fingerprint density at radius 2 is 2.12 bits per heavy atom. The lowest BCUT2D eigenvalue weighted by Gasteiger charge is -2.39. The van der Waals surface area contributed by atoms with Crippen LogP contribution in [-0.4, -0.2) is 23.2 Å². The van der Waals surface area contributed by atoms with Crippen LogP contribution in [0.2, 0.25) is 0 Å². The zero-order chi connectivity index (χ0) is 17.9. The SMILES string of the molecule is COc1cc([N+](=O)[O-])ccc1NC(=S)NC1CC(C)CC(C)(C)C1. The Kier molecular flexibility index (Phi) is 5.64. The third kappa shape index (κ3) is 4.80. The molecular weight excluding hydrogens is 326 g/mol. The lowest BCUT2D eigenvalue weighted by Crippen LogP contribution is -2.44. The molecule has 0 amide bonds. The molecule has 1 aromatic rings. The highest BCUT2D eigenvalue weighted by Gasteiger charge is 2.32. The van der Waals surface area contributed by atoms with Crippen molar-refractivity contribution in [3.63, 3.8) is 0 Å². The fourth-order valence-electron chi connectivity index (χ4n) is 3.70. The molecule has 1 saturated carbocycles. The summed E-state index contributed by atoms with van der Waals surface area (Å²) in [6, 6.07) is 4.75. The quantitative estimate of drug-likeness (QED) is 0.483. The van der Waals surface area contributed by atoms with Gasteiger partial charge in [-0.15, -0.1) is 0 Å². The standard InChI is InChI=1S/C17H25N3O3S/c1-11-7-12(10-17(2,3)9-11)18-16(24)19-14-6-5-13(20(21)22)8-15(14)23-4/h5-6,8,11-12H,7,9-10H2,1-4H3,(H2,18,19,24). The smallest absolute Gasteiger partial charge is 0.273 e. The zero-order valence-electron chi connectivity index (χ0n) is 14.6. The molecule has 7 heteroatoms. The Hall–Kier alpha value is -1.89. The van der Waals surface area contributed by atoms with Crippen molar-refractivity contribution in [2.75, 3.05) is 12.4 Å². The number of methoxy groups -OCH3 is 1. The maximum Gasteiger partial charge on any atom is 0.273 e. The first-order valence-electron chi connectivity index (χ1n) is 8.10. The number of nitrogens with one attached hydrogen (secondary N) is 2. The van der Waals surface area contributed by atoms with Gasteiger partial charge in [0.25, 0.3) is 5.69 Å². The predicted molar refractivity (Wildman–Crippen MR) is 99.6 cm³/mol. The number of hydrogen-bond donors (Lipinski definition) is 2. The van der Waals surface area contributed by atoms with Gasteiger partial charge in [-0.05, 0) is 48.9 Å². The van der Waals surface area contributed by atoms with Crippen molar-refractivity contribution in [2.24, 2.45) is 11.3 Å². The molecule has 0 heterocycles. The van der Waals surface area contributed by atoms with Crippen LogP contribution in [0.3, 0.4) is 0 Å². The minimum atomic E-state index is -0.450. The summed E-state index contributed by atoms with van der Waals surface area (Å²) in [7, 11) is 1.48. The molecule has 0 aromatic heterocycles. The number of nitro groups is 1. The van der Waals surface area contributed by atoms with Crippen molar-refractivity contribution in [3.05, 3.63) is 28.3 Å². The molecule has 1 aliphatic rings. The second-order valence-corrected chi connectivity index (χ2v) is 7.76. The van der Waals surface area contributed by atoms with Gasteiger partial charge >= 0.3 is 0 Å². The molecule has 6 nitrogen and oxygen atoms in total. The van der Waals surface area contributed by atoms with Crippen molar-refractivity contribution in [1.82, 2.24) is 5.32 Å². The maximum atomic E-state index is 10.8. The Balaban J connectivity index is 2.03. The molecule has 1 fully saturated rings. The number of nitro benzene ring substituents is 1. The van der Waals surface area contributed by atoms with E-state index in [1.807, 2.05) is 0 Å². The molecule has 0 aliphatic heterocycles. The van der Waals surface area contributed by atoms with Crippen molar-refractivity contribution in [3.8, 4) is 5.75 Å². The lowest BCUT2D eigenvalue weighted by atomic mass is 9.71. The zero-order valence-corrected chi connectivity index (χ0v) is 15.4. The number of benzene rings is 1. The van der Waals surface area contributed by atoms with E-state index in [0.29, 0.717) is 33.9 Å². The fraction of sp³-hybridized carbons (Fsp3) is 0.588. The minimum Gasteiger partial charge on any atom is -0.494 e. The molecule has 0 spiro atoms. The average Bonchev–Trinajstić information content (AvgIpc) is 2.44. The van der Waals surface area contributed by atoms with Crippen molar-refractivity contribution in [1.29, 1.82) is 0 Å². The molecular formula is C17H25N3O3S. The summed E-state index contributed by atoms with van der Waals surface area (Å²) in [6.07, 6.45) is 3.38. The van der Waals surface area contributed by atoms with Crippen LogP contribution in [0.1, 0.15) is 40.0 Å². The molecule has 24 heavy (non-hydrogen) atoms. The van der Waals surface area contributed by atoms with Crippen molar-refractivity contribution >= 4 is 28.7 Å². The normalized spacial score (nSPS) is 22.5. The van der Waals surface area contributed by atoms with Crippen molar-refractivity contribution < 1.29 is 9.66 Å². The first kappa shape index (κ1) is 18.4. The Morgan fingerprint density at radius 3 is 2.71 bits per heavy atom. The first-order chi connectivity index (χ1) is 11.2. The number of thiocarbonyl (C=S) groups is 1. The molecule has 132 valence electrons. The van der Waals surface area contributed by atoms with Crippen LogP contribution in [-0.2, 0) is 0 Å². The van der Waals surface area contributed by atoms with E-state index in [-0.39, 0.29) is 5.69 Å². The Bertz CT molecular complexity index is 634. The molecule has 2 unspecified atom stereocenters. The van der Waals surface area contributed by atoms with Crippen LogP contribution >= 0.6 is 12.2 Å². The third-order valence-corrected chi connectivity index (χ3v) is 4.59. The second-order valence-electron chi connectivity index (χ2n) is 7.35. The number of ether oxygens (including phenoxy) is 1. The summed E-state index contributed by atoms with van der Waals surface area (Å²) in [4.78, 5) is 10.4. The Labute approximate surface area is 148 Å². The van der Waals surface area contributed by atoms with E-state index in [1.165, 1.54) is 25.7 Å². The van der Waals surface area contributed by atoms with E-state index in [4.69, 9.17) is 17.0 Å². The highest BCUT2D eigenvalue weighted by Crippen LogP contribution is 2.38. The summed E-state index contributed by atoms with van der Waals surface area (Å²) in [6.45, 7) is 6.84. The summed E-state index contributed by atoms with van der Waals surface area (Å²) < 4.78 is 5.22. The largest absolute Gasteiger partial charge is 0.494 e.